The van der Waals surface area contributed by atoms with Crippen LogP contribution in [0.3, 0.4) is 0 Å². The van der Waals surface area contributed by atoms with E-state index in [0.29, 0.717) is 11.1 Å². The maximum absolute atomic E-state index is 13.7. The molecule has 1 aromatic heterocycles. The van der Waals surface area contributed by atoms with Gasteiger partial charge in [-0.15, -0.1) is 0 Å². The van der Waals surface area contributed by atoms with E-state index < -0.39 is 29.5 Å². The first-order chi connectivity index (χ1) is 17.5. The summed E-state index contributed by atoms with van der Waals surface area (Å²) < 4.78 is 58.4. The highest BCUT2D eigenvalue weighted by atomic mass is 79.9. The lowest BCUT2D eigenvalue weighted by Gasteiger charge is -2.13. The molecule has 3 amide bonds. The van der Waals surface area contributed by atoms with Crippen molar-refractivity contribution in [3.8, 4) is 11.8 Å². The molecule has 190 valence electrons. The maximum atomic E-state index is 13.7. The molecule has 13 heteroatoms. The van der Waals surface area contributed by atoms with E-state index in [1.54, 1.807) is 0 Å². The summed E-state index contributed by atoms with van der Waals surface area (Å²) in [6, 6.07) is 11.9. The molecule has 0 spiro atoms. The van der Waals surface area contributed by atoms with E-state index in [4.69, 9.17) is 4.74 Å². The second kappa shape index (κ2) is 10.4. The molecule has 4 rings (SSSR count). The van der Waals surface area contributed by atoms with Gasteiger partial charge in [-0.05, 0) is 54.6 Å². The summed E-state index contributed by atoms with van der Waals surface area (Å²) in [7, 11) is 1.42. The summed E-state index contributed by atoms with van der Waals surface area (Å²) in [5.41, 5.74) is -0.500. The Morgan fingerprint density at radius 2 is 1.59 bits per heavy atom. The molecule has 0 bridgehead atoms. The Balaban J connectivity index is 1.47. The smallest absolute Gasteiger partial charge is 0.417 e. The highest BCUT2D eigenvalue weighted by Gasteiger charge is 2.33. The largest absolute Gasteiger partial charge is 0.424 e. The molecular weight excluding hydrogens is 562 g/mol. The van der Waals surface area contributed by atoms with Gasteiger partial charge in [-0.2, -0.15) is 23.1 Å². The van der Waals surface area contributed by atoms with Crippen LogP contribution in [0.25, 0.3) is 10.9 Å². The number of nitrogens with zero attached hydrogens (tertiary/aromatic N) is 2. The second-order valence-corrected chi connectivity index (χ2v) is 8.35. The average Bonchev–Trinajstić information content (AvgIpc) is 2.84. The van der Waals surface area contributed by atoms with Gasteiger partial charge < -0.3 is 20.7 Å². The fraction of sp³-hybridized carbons (Fsp3) is 0.0833. The number of alkyl halides is 3. The Labute approximate surface area is 215 Å². The fourth-order valence-corrected chi connectivity index (χ4v) is 3.72. The number of hydrogen-bond acceptors (Lipinski definition) is 5. The van der Waals surface area contributed by atoms with Crippen LogP contribution in [0.1, 0.15) is 16.1 Å². The standard InChI is InChI=1S/C24H16BrF4N5O3/c1-30-21(35)20-16-8-2-12(26)10-19(16)33-23(34-20)37-15-6-3-13(4-7-15)31-22(36)32-14-5-9-18(25)17(11-14)24(27,28)29/h2-11H,1H3,(H,30,35)(H2,31,32,36). The summed E-state index contributed by atoms with van der Waals surface area (Å²) in [5.74, 6) is -0.818. The number of ether oxygens (including phenoxy) is 1. The van der Waals surface area contributed by atoms with Gasteiger partial charge in [-0.25, -0.2) is 9.18 Å². The van der Waals surface area contributed by atoms with Gasteiger partial charge >= 0.3 is 18.2 Å². The van der Waals surface area contributed by atoms with E-state index in [1.165, 1.54) is 55.6 Å². The minimum atomic E-state index is -4.59. The maximum Gasteiger partial charge on any atom is 0.417 e. The highest BCUT2D eigenvalue weighted by molar-refractivity contribution is 9.10. The van der Waals surface area contributed by atoms with Crippen molar-refractivity contribution in [3.63, 3.8) is 0 Å². The lowest BCUT2D eigenvalue weighted by atomic mass is 10.2. The predicted octanol–water partition coefficient (Wildman–Crippen LogP) is 6.35. The third-order valence-electron chi connectivity index (χ3n) is 4.93. The van der Waals surface area contributed by atoms with Gasteiger partial charge in [0.2, 0.25) is 0 Å². The molecule has 8 nitrogen and oxygen atoms in total. The molecule has 0 saturated carbocycles. The summed E-state index contributed by atoms with van der Waals surface area (Å²) in [5, 5.41) is 7.62. The van der Waals surface area contributed by atoms with Crippen molar-refractivity contribution in [2.24, 2.45) is 0 Å². The lowest BCUT2D eigenvalue weighted by Crippen LogP contribution is -2.20. The van der Waals surface area contributed by atoms with Crippen LogP contribution in [-0.4, -0.2) is 29.0 Å². The van der Waals surface area contributed by atoms with Crippen LogP contribution in [0.5, 0.6) is 11.8 Å². The Hall–Kier alpha value is -4.26. The molecule has 3 aromatic carbocycles. The molecule has 0 saturated heterocycles. The van der Waals surface area contributed by atoms with Gasteiger partial charge in [-0.3, -0.25) is 4.79 Å². The number of urea groups is 1. The van der Waals surface area contributed by atoms with Crippen LogP contribution < -0.4 is 20.7 Å². The number of amides is 3. The Kier molecular flexibility index (Phi) is 7.25. The average molecular weight is 578 g/mol. The molecule has 37 heavy (non-hydrogen) atoms. The van der Waals surface area contributed by atoms with Crippen molar-refractivity contribution < 1.29 is 31.9 Å². The van der Waals surface area contributed by atoms with Crippen molar-refractivity contribution in [3.05, 3.63) is 82.2 Å². The van der Waals surface area contributed by atoms with Crippen LogP contribution in [-0.2, 0) is 6.18 Å². The third-order valence-corrected chi connectivity index (χ3v) is 5.62. The zero-order chi connectivity index (χ0) is 26.7. The topological polar surface area (TPSA) is 105 Å². The number of halogens is 5. The van der Waals surface area contributed by atoms with Crippen molar-refractivity contribution in [2.45, 2.75) is 6.18 Å². The van der Waals surface area contributed by atoms with Gasteiger partial charge in [-0.1, -0.05) is 15.9 Å². The number of hydrogen-bond donors (Lipinski definition) is 3. The van der Waals surface area contributed by atoms with Gasteiger partial charge in [0.05, 0.1) is 11.1 Å². The quantitative estimate of drug-likeness (QED) is 0.240. The number of carbonyl (C=O) groups excluding carboxylic acids is 2. The first kappa shape index (κ1) is 25.8. The van der Waals surface area contributed by atoms with Gasteiger partial charge in [0.15, 0.2) is 0 Å². The van der Waals surface area contributed by atoms with Crippen LogP contribution in [0.4, 0.5) is 33.7 Å². The number of nitrogens with one attached hydrogen (secondary N) is 3. The molecule has 0 radical (unpaired) electrons. The Morgan fingerprint density at radius 1 is 0.919 bits per heavy atom. The van der Waals surface area contributed by atoms with Crippen molar-refractivity contribution in [1.29, 1.82) is 0 Å². The predicted molar refractivity (Wildman–Crippen MR) is 131 cm³/mol. The van der Waals surface area contributed by atoms with E-state index in [0.717, 1.165) is 12.1 Å². The Bertz CT molecular complexity index is 1500. The molecule has 0 aliphatic heterocycles. The van der Waals surface area contributed by atoms with Gasteiger partial charge in [0, 0.05) is 34.3 Å². The minimum absolute atomic E-state index is 0.000852. The molecule has 4 aromatic rings. The summed E-state index contributed by atoms with van der Waals surface area (Å²) >= 11 is 2.84. The van der Waals surface area contributed by atoms with Crippen LogP contribution in [0, 0.1) is 5.82 Å². The number of anilines is 2. The summed E-state index contributed by atoms with van der Waals surface area (Å²) in [4.78, 5) is 32.7. The number of benzene rings is 3. The number of fused-ring (bicyclic) bond motifs is 1. The van der Waals surface area contributed by atoms with Crippen LogP contribution in [0.15, 0.2) is 65.1 Å². The molecule has 0 atom stereocenters. The van der Waals surface area contributed by atoms with Crippen molar-refractivity contribution >= 4 is 50.1 Å². The zero-order valence-electron chi connectivity index (χ0n) is 18.8. The van der Waals surface area contributed by atoms with Crippen LogP contribution >= 0.6 is 15.9 Å². The molecular formula is C24H16BrF4N5O3. The van der Waals surface area contributed by atoms with Crippen LogP contribution in [0.2, 0.25) is 0 Å². The van der Waals surface area contributed by atoms with Crippen molar-refractivity contribution in [1.82, 2.24) is 15.3 Å². The number of aromatic nitrogens is 2. The zero-order valence-corrected chi connectivity index (χ0v) is 20.4. The number of carbonyl (C=O) groups is 2. The third kappa shape index (κ3) is 6.12. The van der Waals surface area contributed by atoms with Gasteiger partial charge in [0.25, 0.3) is 5.91 Å². The summed E-state index contributed by atoms with van der Waals surface area (Å²) in [6.07, 6.45) is -4.59. The monoisotopic (exact) mass is 577 g/mol. The van der Waals surface area contributed by atoms with E-state index >= 15 is 0 Å². The molecule has 0 aliphatic rings. The normalized spacial score (nSPS) is 11.2. The molecule has 0 unspecified atom stereocenters. The molecule has 0 aliphatic carbocycles. The SMILES string of the molecule is CNC(=O)c1nc(Oc2ccc(NC(=O)Nc3ccc(Br)c(C(F)(F)F)c3)cc2)nc2cc(F)ccc12. The molecule has 1 heterocycles. The van der Waals surface area contributed by atoms with Crippen molar-refractivity contribution in [2.75, 3.05) is 17.7 Å². The first-order valence-electron chi connectivity index (χ1n) is 10.5. The van der Waals surface area contributed by atoms with E-state index in [2.05, 4.69) is 41.8 Å². The van der Waals surface area contributed by atoms with E-state index in [9.17, 15) is 27.2 Å². The second-order valence-electron chi connectivity index (χ2n) is 7.49. The first-order valence-corrected chi connectivity index (χ1v) is 11.2. The molecule has 3 N–H and O–H groups in total. The van der Waals surface area contributed by atoms with Gasteiger partial charge in [0.1, 0.15) is 17.3 Å². The van der Waals surface area contributed by atoms with E-state index in [1.807, 2.05) is 0 Å². The fourth-order valence-electron chi connectivity index (χ4n) is 3.24. The minimum Gasteiger partial charge on any atom is -0.424 e. The Morgan fingerprint density at radius 3 is 2.27 bits per heavy atom. The lowest BCUT2D eigenvalue weighted by molar-refractivity contribution is -0.138. The van der Waals surface area contributed by atoms with E-state index in [-0.39, 0.29) is 33.1 Å². The highest BCUT2D eigenvalue weighted by Crippen LogP contribution is 2.36. The molecule has 0 fully saturated rings. The number of rotatable bonds is 5. The summed E-state index contributed by atoms with van der Waals surface area (Å²) in [6.45, 7) is 0.